The lowest BCUT2D eigenvalue weighted by Crippen LogP contribution is -2.16. The number of carbonyl (C=O) groups is 2. The number of halogens is 1. The van der Waals surface area contributed by atoms with Gasteiger partial charge in [-0.05, 0) is 30.7 Å². The standard InChI is InChI=1S/C20H19ClN2O3/c1-13-11-16(18(26-2)12-15(13)21)22-19(24)7-8-20(25)23-10-9-14-5-3-4-6-17(14)23/h3-6,9-12H,7-8H2,1-2H3,(H,22,24). The zero-order chi connectivity index (χ0) is 18.7. The van der Waals surface area contributed by atoms with Gasteiger partial charge < -0.3 is 10.1 Å². The van der Waals surface area contributed by atoms with Crippen molar-refractivity contribution in [1.82, 2.24) is 4.57 Å². The van der Waals surface area contributed by atoms with Crippen molar-refractivity contribution in [3.05, 3.63) is 59.2 Å². The van der Waals surface area contributed by atoms with Gasteiger partial charge in [-0.3, -0.25) is 14.2 Å². The summed E-state index contributed by atoms with van der Waals surface area (Å²) in [6, 6.07) is 12.9. The lowest BCUT2D eigenvalue weighted by Gasteiger charge is -2.12. The lowest BCUT2D eigenvalue weighted by molar-refractivity contribution is -0.116. The van der Waals surface area contributed by atoms with Gasteiger partial charge in [-0.2, -0.15) is 0 Å². The number of fused-ring (bicyclic) bond motifs is 1. The van der Waals surface area contributed by atoms with Gasteiger partial charge in [-0.25, -0.2) is 0 Å². The predicted octanol–water partition coefficient (Wildman–Crippen LogP) is 4.67. The number of hydrogen-bond acceptors (Lipinski definition) is 3. The molecule has 3 aromatic rings. The van der Waals surface area contributed by atoms with Gasteiger partial charge in [0.15, 0.2) is 0 Å². The third-order valence-corrected chi connectivity index (χ3v) is 4.60. The van der Waals surface area contributed by atoms with E-state index in [1.54, 1.807) is 22.9 Å². The lowest BCUT2D eigenvalue weighted by atomic mass is 10.2. The topological polar surface area (TPSA) is 60.3 Å². The van der Waals surface area contributed by atoms with E-state index >= 15 is 0 Å². The van der Waals surface area contributed by atoms with E-state index in [1.165, 1.54) is 7.11 Å². The first-order chi connectivity index (χ1) is 12.5. The highest BCUT2D eigenvalue weighted by Gasteiger charge is 2.14. The third kappa shape index (κ3) is 3.73. The van der Waals surface area contributed by atoms with Crippen molar-refractivity contribution in [2.24, 2.45) is 0 Å². The van der Waals surface area contributed by atoms with E-state index in [2.05, 4.69) is 5.32 Å². The molecule has 0 fully saturated rings. The van der Waals surface area contributed by atoms with E-state index in [4.69, 9.17) is 16.3 Å². The molecule has 134 valence electrons. The molecule has 0 aliphatic heterocycles. The monoisotopic (exact) mass is 370 g/mol. The molecule has 3 rings (SSSR count). The van der Waals surface area contributed by atoms with Crippen LogP contribution in [0.1, 0.15) is 23.2 Å². The second-order valence-electron chi connectivity index (χ2n) is 5.99. The molecule has 0 spiro atoms. The van der Waals surface area contributed by atoms with Crippen LogP contribution in [0.2, 0.25) is 5.02 Å². The molecule has 2 aromatic carbocycles. The number of benzene rings is 2. The smallest absolute Gasteiger partial charge is 0.231 e. The molecule has 1 amide bonds. The van der Waals surface area contributed by atoms with Crippen LogP contribution in [0.5, 0.6) is 5.75 Å². The Morgan fingerprint density at radius 3 is 2.69 bits per heavy atom. The van der Waals surface area contributed by atoms with E-state index < -0.39 is 0 Å². The number of aromatic nitrogens is 1. The highest BCUT2D eigenvalue weighted by molar-refractivity contribution is 6.31. The van der Waals surface area contributed by atoms with Gasteiger partial charge in [-0.1, -0.05) is 29.8 Å². The second kappa shape index (κ2) is 7.62. The molecule has 0 radical (unpaired) electrons. The van der Waals surface area contributed by atoms with Crippen LogP contribution in [0, 0.1) is 6.92 Å². The molecule has 1 N–H and O–H groups in total. The quantitative estimate of drug-likeness (QED) is 0.709. The summed E-state index contributed by atoms with van der Waals surface area (Å²) in [5, 5.41) is 4.34. The molecule has 6 heteroatoms. The molecule has 0 atom stereocenters. The number of para-hydroxylation sites is 1. The average molecular weight is 371 g/mol. The van der Waals surface area contributed by atoms with Gasteiger partial charge in [0, 0.05) is 35.5 Å². The third-order valence-electron chi connectivity index (χ3n) is 4.19. The molecular weight excluding hydrogens is 352 g/mol. The largest absolute Gasteiger partial charge is 0.495 e. The first-order valence-corrected chi connectivity index (χ1v) is 8.60. The summed E-state index contributed by atoms with van der Waals surface area (Å²) in [6.45, 7) is 1.85. The Hall–Kier alpha value is -2.79. The van der Waals surface area contributed by atoms with Crippen LogP contribution >= 0.6 is 11.6 Å². The SMILES string of the molecule is COc1cc(Cl)c(C)cc1NC(=O)CCC(=O)n1ccc2ccccc21. The number of nitrogens with one attached hydrogen (secondary N) is 1. The van der Waals surface area contributed by atoms with Gasteiger partial charge in [0.25, 0.3) is 0 Å². The number of rotatable bonds is 5. The molecule has 0 aliphatic carbocycles. The maximum absolute atomic E-state index is 12.4. The highest BCUT2D eigenvalue weighted by atomic mass is 35.5. The zero-order valence-corrected chi connectivity index (χ0v) is 15.3. The fourth-order valence-electron chi connectivity index (χ4n) is 2.78. The summed E-state index contributed by atoms with van der Waals surface area (Å²) in [5.74, 6) is 0.104. The Labute approximate surface area is 156 Å². The molecule has 0 bridgehead atoms. The number of methoxy groups -OCH3 is 1. The summed E-state index contributed by atoms with van der Waals surface area (Å²) in [7, 11) is 1.51. The van der Waals surface area contributed by atoms with E-state index in [9.17, 15) is 9.59 Å². The van der Waals surface area contributed by atoms with Gasteiger partial charge >= 0.3 is 0 Å². The minimum atomic E-state index is -0.255. The van der Waals surface area contributed by atoms with Crippen molar-refractivity contribution in [3.63, 3.8) is 0 Å². The Balaban J connectivity index is 1.66. The minimum absolute atomic E-state index is 0.0795. The summed E-state index contributed by atoms with van der Waals surface area (Å²) in [5.41, 5.74) is 2.21. The molecular formula is C20H19ClN2O3. The minimum Gasteiger partial charge on any atom is -0.495 e. The molecule has 0 unspecified atom stereocenters. The summed E-state index contributed by atoms with van der Waals surface area (Å²) < 4.78 is 6.82. The van der Waals surface area contributed by atoms with E-state index in [0.29, 0.717) is 16.5 Å². The van der Waals surface area contributed by atoms with Crippen LogP contribution in [0.25, 0.3) is 10.9 Å². The number of hydrogen-bond donors (Lipinski definition) is 1. The van der Waals surface area contributed by atoms with Crippen molar-refractivity contribution >= 4 is 40.0 Å². The number of anilines is 1. The van der Waals surface area contributed by atoms with E-state index in [0.717, 1.165) is 16.5 Å². The molecule has 26 heavy (non-hydrogen) atoms. The second-order valence-corrected chi connectivity index (χ2v) is 6.40. The number of ether oxygens (including phenoxy) is 1. The first-order valence-electron chi connectivity index (χ1n) is 8.23. The fourth-order valence-corrected chi connectivity index (χ4v) is 2.94. The van der Waals surface area contributed by atoms with Gasteiger partial charge in [-0.15, -0.1) is 0 Å². The van der Waals surface area contributed by atoms with Gasteiger partial charge in [0.05, 0.1) is 18.3 Å². The van der Waals surface area contributed by atoms with Crippen molar-refractivity contribution in [3.8, 4) is 5.75 Å². The Morgan fingerprint density at radius 2 is 1.92 bits per heavy atom. The van der Waals surface area contributed by atoms with Crippen LogP contribution in [-0.2, 0) is 4.79 Å². The predicted molar refractivity (Wildman–Crippen MR) is 103 cm³/mol. The molecule has 5 nitrogen and oxygen atoms in total. The molecule has 0 aliphatic rings. The summed E-state index contributed by atoms with van der Waals surface area (Å²) in [6.07, 6.45) is 1.92. The Kier molecular flexibility index (Phi) is 5.28. The highest BCUT2D eigenvalue weighted by Crippen LogP contribution is 2.31. The normalized spacial score (nSPS) is 10.7. The number of carbonyl (C=O) groups excluding carboxylic acids is 2. The van der Waals surface area contributed by atoms with Gasteiger partial charge in [0.1, 0.15) is 5.75 Å². The molecule has 0 saturated carbocycles. The van der Waals surface area contributed by atoms with Crippen LogP contribution < -0.4 is 10.1 Å². The molecule has 0 saturated heterocycles. The average Bonchev–Trinajstić information content (AvgIpc) is 3.06. The van der Waals surface area contributed by atoms with Crippen LogP contribution in [0.3, 0.4) is 0 Å². The van der Waals surface area contributed by atoms with E-state index in [-0.39, 0.29) is 24.7 Å². The van der Waals surface area contributed by atoms with Crippen molar-refractivity contribution in [2.75, 3.05) is 12.4 Å². The molecule has 1 heterocycles. The fraction of sp³-hybridized carbons (Fsp3) is 0.200. The van der Waals surface area contributed by atoms with Gasteiger partial charge in [0.2, 0.25) is 11.8 Å². The maximum atomic E-state index is 12.4. The maximum Gasteiger partial charge on any atom is 0.231 e. The Morgan fingerprint density at radius 1 is 1.15 bits per heavy atom. The van der Waals surface area contributed by atoms with Crippen LogP contribution in [0.4, 0.5) is 5.69 Å². The Bertz CT molecular complexity index is 978. The van der Waals surface area contributed by atoms with Crippen LogP contribution in [-0.4, -0.2) is 23.5 Å². The van der Waals surface area contributed by atoms with E-state index in [1.807, 2.05) is 37.3 Å². The number of amides is 1. The summed E-state index contributed by atoms with van der Waals surface area (Å²) in [4.78, 5) is 24.7. The summed E-state index contributed by atoms with van der Waals surface area (Å²) >= 11 is 6.07. The van der Waals surface area contributed by atoms with Crippen molar-refractivity contribution in [1.29, 1.82) is 0 Å². The number of nitrogens with zero attached hydrogens (tertiary/aromatic N) is 1. The first kappa shape index (κ1) is 18.0. The number of aryl methyl sites for hydroxylation is 1. The van der Waals surface area contributed by atoms with Crippen molar-refractivity contribution < 1.29 is 14.3 Å². The molecule has 1 aromatic heterocycles. The van der Waals surface area contributed by atoms with Crippen molar-refractivity contribution in [2.45, 2.75) is 19.8 Å². The van der Waals surface area contributed by atoms with Crippen LogP contribution in [0.15, 0.2) is 48.7 Å². The zero-order valence-electron chi connectivity index (χ0n) is 14.6.